The van der Waals surface area contributed by atoms with E-state index in [1.54, 1.807) is 0 Å². The molecule has 1 aliphatic carbocycles. The summed E-state index contributed by atoms with van der Waals surface area (Å²) in [6, 6.07) is 1.62. The largest absolute Gasteiger partial charge is 0.416 e. The van der Waals surface area contributed by atoms with E-state index in [-0.39, 0.29) is 23.6 Å². The first kappa shape index (κ1) is 18.5. The zero-order valence-electron chi connectivity index (χ0n) is 13.6. The van der Waals surface area contributed by atoms with Crippen LogP contribution in [0.25, 0.3) is 0 Å². The molecule has 2 fully saturated rings. The summed E-state index contributed by atoms with van der Waals surface area (Å²) in [6.45, 7) is 2.63. The quantitative estimate of drug-likeness (QED) is 0.794. The van der Waals surface area contributed by atoms with Gasteiger partial charge in [-0.1, -0.05) is 6.42 Å². The normalized spacial score (nSPS) is 21.8. The first-order chi connectivity index (χ1) is 11.7. The molecule has 1 saturated heterocycles. The fraction of sp³-hybridized carbons (Fsp3) is 0.647. The Balaban J connectivity index is 2.04. The van der Waals surface area contributed by atoms with Gasteiger partial charge in [0.2, 0.25) is 0 Å². The molecule has 1 N–H and O–H groups in total. The lowest BCUT2D eigenvalue weighted by atomic mass is 9.75. The first-order valence-corrected chi connectivity index (χ1v) is 8.40. The van der Waals surface area contributed by atoms with Crippen molar-refractivity contribution in [2.75, 3.05) is 26.2 Å². The molecule has 0 spiro atoms. The van der Waals surface area contributed by atoms with Crippen LogP contribution in [0.5, 0.6) is 0 Å². The van der Waals surface area contributed by atoms with Gasteiger partial charge in [0.1, 0.15) is 0 Å². The minimum atomic E-state index is -4.80. The predicted molar refractivity (Wildman–Crippen MR) is 81.0 cm³/mol. The van der Waals surface area contributed by atoms with Gasteiger partial charge in [0.15, 0.2) is 0 Å². The van der Waals surface area contributed by atoms with Crippen molar-refractivity contribution in [3.05, 3.63) is 34.9 Å². The van der Waals surface area contributed by atoms with E-state index >= 15 is 0 Å². The maximum absolute atomic E-state index is 13.1. The Bertz CT molecular complexity index is 568. The molecule has 0 unspecified atom stereocenters. The second-order valence-electron chi connectivity index (χ2n) is 6.76. The second kappa shape index (κ2) is 6.79. The Morgan fingerprint density at radius 2 is 1.40 bits per heavy atom. The smallest absolute Gasteiger partial charge is 0.314 e. The van der Waals surface area contributed by atoms with Gasteiger partial charge in [-0.05, 0) is 42.5 Å². The van der Waals surface area contributed by atoms with E-state index in [9.17, 15) is 26.3 Å². The van der Waals surface area contributed by atoms with Gasteiger partial charge in [-0.3, -0.25) is 4.90 Å². The third-order valence-electron chi connectivity index (χ3n) is 5.09. The minimum absolute atomic E-state index is 0.114. The lowest BCUT2D eigenvalue weighted by molar-refractivity contribution is -0.143. The summed E-state index contributed by atoms with van der Waals surface area (Å²) in [5, 5.41) is 3.17. The topological polar surface area (TPSA) is 15.3 Å². The number of piperazine rings is 1. The highest BCUT2D eigenvalue weighted by Crippen LogP contribution is 2.44. The van der Waals surface area contributed by atoms with Crippen molar-refractivity contribution >= 4 is 0 Å². The molecule has 25 heavy (non-hydrogen) atoms. The fourth-order valence-electron chi connectivity index (χ4n) is 3.65. The molecular formula is C17H20F6N2. The lowest BCUT2D eigenvalue weighted by Gasteiger charge is -2.43. The molecule has 1 aromatic rings. The second-order valence-corrected chi connectivity index (χ2v) is 6.76. The van der Waals surface area contributed by atoms with Crippen molar-refractivity contribution in [3.63, 3.8) is 0 Å². The number of hydrogen-bond donors (Lipinski definition) is 1. The van der Waals surface area contributed by atoms with Crippen LogP contribution in [-0.4, -0.2) is 31.1 Å². The van der Waals surface area contributed by atoms with Crippen molar-refractivity contribution in [1.29, 1.82) is 0 Å². The Morgan fingerprint density at radius 1 is 0.880 bits per heavy atom. The Kier molecular flexibility index (Phi) is 5.03. The Morgan fingerprint density at radius 3 is 1.80 bits per heavy atom. The molecule has 2 nitrogen and oxygen atoms in total. The van der Waals surface area contributed by atoms with Gasteiger partial charge in [-0.15, -0.1) is 0 Å². The predicted octanol–water partition coefficient (Wildman–Crippen LogP) is 4.47. The van der Waals surface area contributed by atoms with E-state index in [0.29, 0.717) is 26.2 Å². The highest BCUT2D eigenvalue weighted by Gasteiger charge is 2.40. The molecule has 0 aromatic heterocycles. The molecule has 1 heterocycles. The van der Waals surface area contributed by atoms with Gasteiger partial charge in [-0.25, -0.2) is 0 Å². The zero-order valence-corrected chi connectivity index (χ0v) is 13.6. The molecule has 1 aromatic carbocycles. The number of alkyl halides is 6. The molecule has 2 aliphatic rings. The van der Waals surface area contributed by atoms with Crippen LogP contribution in [0.1, 0.15) is 42.0 Å². The number of nitrogens with one attached hydrogen (secondary N) is 1. The highest BCUT2D eigenvalue weighted by atomic mass is 19.4. The summed E-state index contributed by atoms with van der Waals surface area (Å²) in [5.74, 6) is 0.114. The van der Waals surface area contributed by atoms with Crippen molar-refractivity contribution in [2.24, 2.45) is 5.92 Å². The minimum Gasteiger partial charge on any atom is -0.314 e. The van der Waals surface area contributed by atoms with Crippen LogP contribution in [0.4, 0.5) is 26.3 Å². The van der Waals surface area contributed by atoms with Gasteiger partial charge >= 0.3 is 12.4 Å². The van der Waals surface area contributed by atoms with E-state index in [2.05, 4.69) is 5.32 Å². The van der Waals surface area contributed by atoms with Crippen LogP contribution >= 0.6 is 0 Å². The van der Waals surface area contributed by atoms with Crippen LogP contribution in [-0.2, 0) is 12.4 Å². The zero-order chi connectivity index (χ0) is 18.2. The summed E-state index contributed by atoms with van der Waals surface area (Å²) >= 11 is 0. The summed E-state index contributed by atoms with van der Waals surface area (Å²) in [5.41, 5.74) is -2.32. The van der Waals surface area contributed by atoms with Crippen LogP contribution in [0.15, 0.2) is 18.2 Å². The van der Waals surface area contributed by atoms with Crippen LogP contribution < -0.4 is 5.32 Å². The summed E-state index contributed by atoms with van der Waals surface area (Å²) in [7, 11) is 0. The van der Waals surface area contributed by atoms with Crippen LogP contribution in [0, 0.1) is 5.92 Å². The van der Waals surface area contributed by atoms with Crippen molar-refractivity contribution in [2.45, 2.75) is 37.7 Å². The van der Waals surface area contributed by atoms with Gasteiger partial charge in [-0.2, -0.15) is 26.3 Å². The number of hydrogen-bond acceptors (Lipinski definition) is 2. The van der Waals surface area contributed by atoms with Gasteiger partial charge in [0.25, 0.3) is 0 Å². The van der Waals surface area contributed by atoms with E-state index in [1.807, 2.05) is 4.90 Å². The monoisotopic (exact) mass is 366 g/mol. The molecular weight excluding hydrogens is 346 g/mol. The SMILES string of the molecule is FC(F)(F)c1cc([C@H](C2CCC2)N2CCNCC2)cc(C(F)(F)F)c1. The Hall–Kier alpha value is -1.28. The number of halogens is 6. The lowest BCUT2D eigenvalue weighted by Crippen LogP contribution is -2.48. The number of benzene rings is 1. The van der Waals surface area contributed by atoms with Gasteiger partial charge in [0, 0.05) is 32.2 Å². The molecule has 1 aliphatic heterocycles. The maximum atomic E-state index is 13.1. The Labute approximate surface area is 142 Å². The molecule has 140 valence electrons. The third kappa shape index (κ3) is 4.11. The number of rotatable bonds is 3. The summed E-state index contributed by atoms with van der Waals surface area (Å²) < 4.78 is 78.9. The highest BCUT2D eigenvalue weighted by molar-refractivity contribution is 5.36. The average Bonchev–Trinajstić information content (AvgIpc) is 2.49. The third-order valence-corrected chi connectivity index (χ3v) is 5.09. The van der Waals surface area contributed by atoms with Gasteiger partial charge in [0.05, 0.1) is 11.1 Å². The maximum Gasteiger partial charge on any atom is 0.416 e. The molecule has 0 amide bonds. The van der Waals surface area contributed by atoms with E-state index in [1.165, 1.54) is 0 Å². The molecule has 3 rings (SSSR count). The van der Waals surface area contributed by atoms with Crippen molar-refractivity contribution in [3.8, 4) is 0 Å². The molecule has 1 atom stereocenters. The van der Waals surface area contributed by atoms with Gasteiger partial charge < -0.3 is 5.32 Å². The summed E-state index contributed by atoms with van der Waals surface area (Å²) in [6.07, 6.45) is -6.95. The standard InChI is InChI=1S/C17H20F6N2/c18-16(19,20)13-8-12(9-14(10-13)17(21,22)23)15(11-2-1-3-11)25-6-4-24-5-7-25/h8-11,15,24H,1-7H2/t15-/m0/s1. The van der Waals surface area contributed by atoms with Crippen molar-refractivity contribution in [1.82, 2.24) is 10.2 Å². The molecule has 8 heteroatoms. The molecule has 1 saturated carbocycles. The first-order valence-electron chi connectivity index (χ1n) is 8.40. The number of nitrogens with zero attached hydrogens (tertiary/aromatic N) is 1. The van der Waals surface area contributed by atoms with E-state index in [4.69, 9.17) is 0 Å². The average molecular weight is 366 g/mol. The summed E-state index contributed by atoms with van der Waals surface area (Å²) in [4.78, 5) is 2.02. The van der Waals surface area contributed by atoms with Crippen LogP contribution in [0.3, 0.4) is 0 Å². The van der Waals surface area contributed by atoms with E-state index < -0.39 is 23.5 Å². The molecule has 0 bridgehead atoms. The fourth-order valence-corrected chi connectivity index (χ4v) is 3.65. The molecule has 0 radical (unpaired) electrons. The van der Waals surface area contributed by atoms with Crippen molar-refractivity contribution < 1.29 is 26.3 Å². The van der Waals surface area contributed by atoms with E-state index in [0.717, 1.165) is 31.4 Å². The van der Waals surface area contributed by atoms with Crippen LogP contribution in [0.2, 0.25) is 0 Å².